The van der Waals surface area contributed by atoms with Crippen LogP contribution in [0.25, 0.3) is 17.1 Å². The van der Waals surface area contributed by atoms with E-state index in [-0.39, 0.29) is 23.8 Å². The number of aryl methyl sites for hydroxylation is 1. The lowest BCUT2D eigenvalue weighted by Gasteiger charge is -2.22. The molecule has 0 bridgehead atoms. The van der Waals surface area contributed by atoms with Crippen molar-refractivity contribution < 1.29 is 9.21 Å². The highest BCUT2D eigenvalue weighted by molar-refractivity contribution is 6.30. The van der Waals surface area contributed by atoms with Crippen LogP contribution in [0.4, 0.5) is 5.82 Å². The van der Waals surface area contributed by atoms with Crippen molar-refractivity contribution >= 4 is 23.3 Å². The first-order chi connectivity index (χ1) is 14.5. The van der Waals surface area contributed by atoms with Crippen LogP contribution in [0.2, 0.25) is 5.02 Å². The van der Waals surface area contributed by atoms with Crippen LogP contribution in [-0.2, 0) is 4.79 Å². The van der Waals surface area contributed by atoms with Crippen molar-refractivity contribution in [3.63, 3.8) is 0 Å². The van der Waals surface area contributed by atoms with Gasteiger partial charge in [-0.3, -0.25) is 9.59 Å². The number of H-pyrrole nitrogens is 1. The third kappa shape index (κ3) is 3.11. The zero-order chi connectivity index (χ0) is 20.8. The van der Waals surface area contributed by atoms with E-state index in [2.05, 4.69) is 20.6 Å². The zero-order valence-electron chi connectivity index (χ0n) is 15.8. The van der Waals surface area contributed by atoms with E-state index in [1.54, 1.807) is 12.1 Å². The van der Waals surface area contributed by atoms with Gasteiger partial charge in [0.2, 0.25) is 5.91 Å². The Kier molecular flexibility index (Phi) is 4.29. The molecule has 0 radical (unpaired) electrons. The summed E-state index contributed by atoms with van der Waals surface area (Å²) in [4.78, 5) is 23.8. The van der Waals surface area contributed by atoms with E-state index in [1.165, 1.54) is 10.7 Å². The van der Waals surface area contributed by atoms with Crippen LogP contribution in [0.1, 0.15) is 29.4 Å². The van der Waals surface area contributed by atoms with Crippen molar-refractivity contribution in [1.82, 2.24) is 20.0 Å². The number of benzene rings is 1. The molecule has 4 heterocycles. The summed E-state index contributed by atoms with van der Waals surface area (Å²) in [7, 11) is 0. The van der Waals surface area contributed by atoms with Gasteiger partial charge in [0.15, 0.2) is 5.82 Å². The number of aromatic nitrogens is 4. The van der Waals surface area contributed by atoms with Crippen LogP contribution in [0.15, 0.2) is 57.7 Å². The normalized spacial score (nSPS) is 15.7. The quantitative estimate of drug-likeness (QED) is 0.525. The Balaban J connectivity index is 1.59. The van der Waals surface area contributed by atoms with Gasteiger partial charge in [0, 0.05) is 28.6 Å². The Morgan fingerprint density at radius 3 is 2.80 bits per heavy atom. The average molecular weight is 422 g/mol. The number of hydrogen-bond donors (Lipinski definition) is 2. The molecular weight excluding hydrogens is 406 g/mol. The fourth-order valence-corrected chi connectivity index (χ4v) is 3.94. The second-order valence-corrected chi connectivity index (χ2v) is 7.49. The number of aromatic amines is 1. The Labute approximate surface area is 175 Å². The number of fused-ring (bicyclic) bond motifs is 1. The summed E-state index contributed by atoms with van der Waals surface area (Å²) in [6, 6.07) is 14.1. The molecule has 0 saturated heterocycles. The maximum absolute atomic E-state index is 12.5. The van der Waals surface area contributed by atoms with Crippen LogP contribution in [0.3, 0.4) is 0 Å². The van der Waals surface area contributed by atoms with Crippen molar-refractivity contribution in [2.24, 2.45) is 0 Å². The number of furan rings is 1. The number of hydrogen-bond acceptors (Lipinski definition) is 5. The van der Waals surface area contributed by atoms with Crippen LogP contribution < -0.4 is 10.9 Å². The third-order valence-electron chi connectivity index (χ3n) is 5.06. The molecule has 1 aliphatic rings. The second-order valence-electron chi connectivity index (χ2n) is 7.06. The Bertz CT molecular complexity index is 1320. The van der Waals surface area contributed by atoms with Crippen LogP contribution in [0, 0.1) is 6.92 Å². The van der Waals surface area contributed by atoms with Crippen LogP contribution >= 0.6 is 11.6 Å². The molecule has 2 N–H and O–H groups in total. The highest BCUT2D eigenvalue weighted by atomic mass is 35.5. The van der Waals surface area contributed by atoms with Gasteiger partial charge in [0.25, 0.3) is 5.56 Å². The van der Waals surface area contributed by atoms with Gasteiger partial charge < -0.3 is 9.73 Å². The molecule has 1 aromatic carbocycles. The zero-order valence-corrected chi connectivity index (χ0v) is 16.6. The standard InChI is InChI=1S/C21H16ClN5O3/c1-11-20-14(16-6-5-15(30-16)12-3-2-4-13(22)9-12)10-19(29)23-21(20)27(26-11)17-7-8-18(28)25-24-17/h2-9,14H,10H2,1H3,(H,23,29)(H,25,28)/t14-/m1/s1. The highest BCUT2D eigenvalue weighted by Crippen LogP contribution is 2.41. The summed E-state index contributed by atoms with van der Waals surface area (Å²) in [5.74, 6) is 1.82. The molecule has 1 aliphatic heterocycles. The van der Waals surface area contributed by atoms with Gasteiger partial charge in [0.05, 0.1) is 11.6 Å². The highest BCUT2D eigenvalue weighted by Gasteiger charge is 2.34. The number of nitrogens with zero attached hydrogens (tertiary/aromatic N) is 3. The molecule has 5 rings (SSSR count). The number of carbonyl (C=O) groups is 1. The molecule has 3 aromatic heterocycles. The molecular formula is C21H16ClN5O3. The van der Waals surface area contributed by atoms with E-state index >= 15 is 0 Å². The van der Waals surface area contributed by atoms with Gasteiger partial charge >= 0.3 is 0 Å². The summed E-state index contributed by atoms with van der Waals surface area (Å²) >= 11 is 6.09. The third-order valence-corrected chi connectivity index (χ3v) is 5.30. The van der Waals surface area contributed by atoms with Gasteiger partial charge in [-0.1, -0.05) is 23.7 Å². The molecule has 0 spiro atoms. The van der Waals surface area contributed by atoms with Crippen molar-refractivity contribution in [2.75, 3.05) is 5.32 Å². The number of amides is 1. The Morgan fingerprint density at radius 2 is 2.03 bits per heavy atom. The topological polar surface area (TPSA) is 106 Å². The van der Waals surface area contributed by atoms with E-state index in [0.717, 1.165) is 16.8 Å². The van der Waals surface area contributed by atoms with Gasteiger partial charge in [-0.05, 0) is 37.3 Å². The lowest BCUT2D eigenvalue weighted by molar-refractivity contribution is -0.116. The summed E-state index contributed by atoms with van der Waals surface area (Å²) in [5.41, 5.74) is 2.14. The molecule has 4 aromatic rings. The minimum absolute atomic E-state index is 0.154. The number of anilines is 1. The molecule has 1 atom stereocenters. The summed E-state index contributed by atoms with van der Waals surface area (Å²) in [6.07, 6.45) is 0.237. The fourth-order valence-electron chi connectivity index (χ4n) is 3.75. The minimum atomic E-state index is -0.317. The molecule has 9 heteroatoms. The lowest BCUT2D eigenvalue weighted by atomic mass is 9.90. The van der Waals surface area contributed by atoms with Crippen molar-refractivity contribution in [1.29, 1.82) is 0 Å². The van der Waals surface area contributed by atoms with Crippen molar-refractivity contribution in [2.45, 2.75) is 19.3 Å². The molecule has 0 unspecified atom stereocenters. The number of halogens is 1. The molecule has 1 amide bonds. The smallest absolute Gasteiger partial charge is 0.264 e. The van der Waals surface area contributed by atoms with E-state index in [1.807, 2.05) is 37.3 Å². The van der Waals surface area contributed by atoms with Gasteiger partial charge in [-0.25, -0.2) is 5.10 Å². The van der Waals surface area contributed by atoms with Gasteiger partial charge in [-0.2, -0.15) is 14.9 Å². The molecule has 30 heavy (non-hydrogen) atoms. The maximum atomic E-state index is 12.5. The van der Waals surface area contributed by atoms with Crippen LogP contribution in [-0.4, -0.2) is 25.9 Å². The van der Waals surface area contributed by atoms with Crippen molar-refractivity contribution in [3.8, 4) is 17.1 Å². The molecule has 0 saturated carbocycles. The second kappa shape index (κ2) is 7.00. The molecule has 150 valence electrons. The predicted molar refractivity (Wildman–Crippen MR) is 111 cm³/mol. The average Bonchev–Trinajstić information content (AvgIpc) is 3.34. The monoisotopic (exact) mass is 421 g/mol. The summed E-state index contributed by atoms with van der Waals surface area (Å²) in [5, 5.41) is 14.4. The molecule has 0 fully saturated rings. The summed E-state index contributed by atoms with van der Waals surface area (Å²) in [6.45, 7) is 1.87. The molecule has 8 nitrogen and oxygen atoms in total. The first kappa shape index (κ1) is 18.4. The summed E-state index contributed by atoms with van der Waals surface area (Å²) < 4.78 is 7.64. The van der Waals surface area contributed by atoms with Crippen molar-refractivity contribution in [3.05, 3.63) is 80.9 Å². The number of carbonyl (C=O) groups excluding carboxylic acids is 1. The first-order valence-corrected chi connectivity index (χ1v) is 9.68. The van der Waals surface area contributed by atoms with E-state index in [9.17, 15) is 9.59 Å². The lowest BCUT2D eigenvalue weighted by Crippen LogP contribution is -2.25. The van der Waals surface area contributed by atoms with Gasteiger partial charge in [0.1, 0.15) is 17.3 Å². The first-order valence-electron chi connectivity index (χ1n) is 9.31. The van der Waals surface area contributed by atoms with E-state index < -0.39 is 0 Å². The Morgan fingerprint density at radius 1 is 1.17 bits per heavy atom. The largest absolute Gasteiger partial charge is 0.460 e. The number of rotatable bonds is 3. The van der Waals surface area contributed by atoms with E-state index in [0.29, 0.717) is 28.2 Å². The Hall–Kier alpha value is -3.65. The van der Waals surface area contributed by atoms with Gasteiger partial charge in [-0.15, -0.1) is 0 Å². The number of nitrogens with one attached hydrogen (secondary N) is 2. The molecule has 0 aliphatic carbocycles. The predicted octanol–water partition coefficient (Wildman–Crippen LogP) is 3.65. The van der Waals surface area contributed by atoms with Crippen LogP contribution in [0.5, 0.6) is 0 Å². The SMILES string of the molecule is Cc1nn(-c2ccc(=O)[nH]n2)c2c1[C@@H](c1ccc(-c3cccc(Cl)c3)o1)CC(=O)N2. The maximum Gasteiger partial charge on any atom is 0.264 e. The minimum Gasteiger partial charge on any atom is -0.460 e. The van der Waals surface area contributed by atoms with E-state index in [4.69, 9.17) is 16.0 Å². The fraction of sp³-hybridized carbons (Fsp3) is 0.143.